The van der Waals surface area contributed by atoms with Gasteiger partial charge in [0.15, 0.2) is 0 Å². The largest absolute Gasteiger partial charge is 0.352 e. The Labute approximate surface area is 143 Å². The molecule has 1 aliphatic heterocycles. The quantitative estimate of drug-likeness (QED) is 0.807. The summed E-state index contributed by atoms with van der Waals surface area (Å²) in [5.41, 5.74) is 2.06. The molecule has 0 bridgehead atoms. The predicted molar refractivity (Wildman–Crippen MR) is 95.9 cm³/mol. The van der Waals surface area contributed by atoms with E-state index < -0.39 is 0 Å². The van der Waals surface area contributed by atoms with Gasteiger partial charge in [-0.1, -0.05) is 66.8 Å². The minimum absolute atomic E-state index is 0.257. The summed E-state index contributed by atoms with van der Waals surface area (Å²) in [4.78, 5) is 26.2. The second kappa shape index (κ2) is 5.08. The summed E-state index contributed by atoms with van der Waals surface area (Å²) in [5.74, 6) is 0. The summed E-state index contributed by atoms with van der Waals surface area (Å²) in [6.45, 7) is 0. The van der Waals surface area contributed by atoms with Crippen molar-refractivity contribution in [2.45, 2.75) is 12.1 Å². The molecule has 5 nitrogen and oxygen atoms in total. The van der Waals surface area contributed by atoms with E-state index in [1.807, 2.05) is 66.8 Å². The van der Waals surface area contributed by atoms with Crippen LogP contribution in [0.4, 0.5) is 0 Å². The summed E-state index contributed by atoms with van der Waals surface area (Å²) in [5, 5.41) is 0. The van der Waals surface area contributed by atoms with Gasteiger partial charge in [-0.25, -0.2) is 23.5 Å². The first-order chi connectivity index (χ1) is 12.3. The highest BCUT2D eigenvalue weighted by Crippen LogP contribution is 2.40. The zero-order chi connectivity index (χ0) is 17.0. The van der Waals surface area contributed by atoms with E-state index in [-0.39, 0.29) is 23.5 Å². The van der Waals surface area contributed by atoms with Crippen molar-refractivity contribution >= 4 is 0 Å². The average molecular weight is 329 g/mol. The minimum atomic E-state index is -0.315. The fourth-order valence-corrected chi connectivity index (χ4v) is 3.83. The van der Waals surface area contributed by atoms with Gasteiger partial charge in [0.25, 0.3) is 0 Å². The van der Waals surface area contributed by atoms with Crippen molar-refractivity contribution in [1.82, 2.24) is 13.9 Å². The fraction of sp³-hybridized carbons (Fsp3) is 0.100. The third-order valence-corrected chi connectivity index (χ3v) is 4.88. The first-order valence-electron chi connectivity index (χ1n) is 8.22. The monoisotopic (exact) mass is 329 g/mol. The number of aromatic nitrogens is 3. The topological polar surface area (TPSA) is 48.9 Å². The van der Waals surface area contributed by atoms with E-state index in [0.29, 0.717) is 5.69 Å². The Morgan fingerprint density at radius 1 is 0.720 bits per heavy atom. The van der Waals surface area contributed by atoms with Gasteiger partial charge in [0, 0.05) is 0 Å². The molecule has 0 fully saturated rings. The number of allylic oxidation sites excluding steroid dienone is 10. The molecule has 2 aliphatic carbocycles. The van der Waals surface area contributed by atoms with Crippen molar-refractivity contribution in [2.24, 2.45) is 0 Å². The maximum atomic E-state index is 13.1. The fourth-order valence-electron chi connectivity index (χ4n) is 3.83. The maximum absolute atomic E-state index is 13.1. The lowest BCUT2D eigenvalue weighted by Gasteiger charge is -2.12. The molecule has 1 aromatic carbocycles. The van der Waals surface area contributed by atoms with Crippen LogP contribution in [0.25, 0.3) is 5.69 Å². The smallest absolute Gasteiger partial charge is 0.245 e. The molecule has 0 unspecified atom stereocenters. The highest BCUT2D eigenvalue weighted by Gasteiger charge is 2.39. The van der Waals surface area contributed by atoms with Crippen LogP contribution in [0, 0.1) is 0 Å². The van der Waals surface area contributed by atoms with Crippen LogP contribution in [-0.4, -0.2) is 13.9 Å². The molecular weight excluding hydrogens is 314 g/mol. The zero-order valence-corrected chi connectivity index (χ0v) is 13.3. The second-order valence-electron chi connectivity index (χ2n) is 6.21. The van der Waals surface area contributed by atoms with Crippen LogP contribution >= 0.6 is 0 Å². The third-order valence-electron chi connectivity index (χ3n) is 4.88. The molecule has 5 rings (SSSR count). The number of para-hydroxylation sites is 1. The molecule has 0 radical (unpaired) electrons. The van der Waals surface area contributed by atoms with Crippen LogP contribution in [0.1, 0.15) is 12.1 Å². The van der Waals surface area contributed by atoms with Gasteiger partial charge < -0.3 is 0 Å². The van der Waals surface area contributed by atoms with Crippen molar-refractivity contribution < 1.29 is 0 Å². The Balaban J connectivity index is 1.85. The molecule has 2 heterocycles. The molecule has 0 saturated carbocycles. The molecule has 0 spiro atoms. The molecule has 2 aromatic rings. The van der Waals surface area contributed by atoms with Crippen molar-refractivity contribution in [1.29, 1.82) is 0 Å². The maximum Gasteiger partial charge on any atom is 0.352 e. The SMILES string of the molecule is O=c1n(-c2ccccc2)c(=O)n2n1[C@@H]1C=CC=CC3=C1[C@H]2C=CC=C3. The molecule has 1 aromatic heterocycles. The van der Waals surface area contributed by atoms with Crippen LogP contribution in [0.2, 0.25) is 0 Å². The van der Waals surface area contributed by atoms with E-state index in [4.69, 9.17) is 0 Å². The summed E-state index contributed by atoms with van der Waals surface area (Å²) in [6.07, 6.45) is 15.8. The summed E-state index contributed by atoms with van der Waals surface area (Å²) in [7, 11) is 0. The highest BCUT2D eigenvalue weighted by molar-refractivity contribution is 5.49. The van der Waals surface area contributed by atoms with Gasteiger partial charge in [0.05, 0.1) is 17.8 Å². The lowest BCUT2D eigenvalue weighted by atomic mass is 9.96. The first kappa shape index (κ1) is 14.0. The Kier molecular flexibility index (Phi) is 2.85. The van der Waals surface area contributed by atoms with Gasteiger partial charge in [0.1, 0.15) is 0 Å². The number of benzene rings is 1. The predicted octanol–water partition coefficient (Wildman–Crippen LogP) is 2.45. The van der Waals surface area contributed by atoms with Crippen molar-refractivity contribution in [3.8, 4) is 5.69 Å². The van der Waals surface area contributed by atoms with Gasteiger partial charge in [-0.2, -0.15) is 0 Å². The third kappa shape index (κ3) is 1.83. The Hall–Kier alpha value is -3.34. The van der Waals surface area contributed by atoms with E-state index in [2.05, 4.69) is 0 Å². The van der Waals surface area contributed by atoms with Crippen LogP contribution in [0.15, 0.2) is 99.7 Å². The summed E-state index contributed by atoms with van der Waals surface area (Å²) in [6, 6.07) is 8.54. The van der Waals surface area contributed by atoms with Gasteiger partial charge in [0.2, 0.25) is 0 Å². The summed E-state index contributed by atoms with van der Waals surface area (Å²) < 4.78 is 4.39. The van der Waals surface area contributed by atoms with Crippen molar-refractivity contribution in [3.63, 3.8) is 0 Å². The molecule has 5 heteroatoms. The number of hydrogen-bond acceptors (Lipinski definition) is 2. The normalized spacial score (nSPS) is 22.7. The van der Waals surface area contributed by atoms with Gasteiger partial charge >= 0.3 is 11.4 Å². The molecule has 25 heavy (non-hydrogen) atoms. The molecule has 122 valence electrons. The van der Waals surface area contributed by atoms with Crippen molar-refractivity contribution in [2.75, 3.05) is 0 Å². The van der Waals surface area contributed by atoms with Gasteiger partial charge in [-0.05, 0) is 23.3 Å². The van der Waals surface area contributed by atoms with Crippen LogP contribution in [0.3, 0.4) is 0 Å². The molecule has 3 aliphatic rings. The Morgan fingerprint density at radius 3 is 1.84 bits per heavy atom. The van der Waals surface area contributed by atoms with E-state index in [1.165, 1.54) is 4.57 Å². The Morgan fingerprint density at radius 2 is 1.28 bits per heavy atom. The first-order valence-corrected chi connectivity index (χ1v) is 8.22. The minimum Gasteiger partial charge on any atom is -0.245 e. The highest BCUT2D eigenvalue weighted by atomic mass is 16.2. The molecular formula is C20H15N3O2. The van der Waals surface area contributed by atoms with Crippen molar-refractivity contribution in [3.05, 3.63) is 111 Å². The number of fused-ring (bicyclic) bond motifs is 3. The van der Waals surface area contributed by atoms with E-state index in [1.54, 1.807) is 21.5 Å². The average Bonchev–Trinajstić information content (AvgIpc) is 2.86. The lowest BCUT2D eigenvalue weighted by Crippen LogP contribution is -2.30. The molecule has 0 N–H and O–H groups in total. The molecule has 0 amide bonds. The van der Waals surface area contributed by atoms with E-state index in [0.717, 1.165) is 11.1 Å². The van der Waals surface area contributed by atoms with Gasteiger partial charge in [-0.15, -0.1) is 0 Å². The number of hydrogen-bond donors (Lipinski definition) is 0. The standard InChI is InChI=1S/C20H15N3O2/c24-19-21(15-10-2-1-3-11-15)20(25)23-17-13-7-5-9-14-8-4-6-12-16(18(14)17)22(19)23/h1-13,16-17H/t16-,17-/m1/s1. The molecule has 0 saturated heterocycles. The molecule has 2 atom stereocenters. The van der Waals surface area contributed by atoms with Crippen LogP contribution in [0.5, 0.6) is 0 Å². The number of nitrogens with zero attached hydrogens (tertiary/aromatic N) is 3. The zero-order valence-electron chi connectivity index (χ0n) is 13.3. The van der Waals surface area contributed by atoms with Gasteiger partial charge in [-0.3, -0.25) is 0 Å². The summed E-state index contributed by atoms with van der Waals surface area (Å²) >= 11 is 0. The second-order valence-corrected chi connectivity index (χ2v) is 6.21. The van der Waals surface area contributed by atoms with E-state index in [9.17, 15) is 9.59 Å². The van der Waals surface area contributed by atoms with Crippen LogP contribution < -0.4 is 11.4 Å². The number of rotatable bonds is 1. The van der Waals surface area contributed by atoms with Crippen LogP contribution in [-0.2, 0) is 0 Å². The Bertz CT molecular complexity index is 1070. The lowest BCUT2D eigenvalue weighted by molar-refractivity contribution is 0.524. The van der Waals surface area contributed by atoms with E-state index >= 15 is 0 Å².